The van der Waals surface area contributed by atoms with Gasteiger partial charge < -0.3 is 19.3 Å². The van der Waals surface area contributed by atoms with E-state index in [2.05, 4.69) is 21.0 Å². The van der Waals surface area contributed by atoms with E-state index in [0.717, 1.165) is 68.7 Å². The average Bonchev–Trinajstić information content (AvgIpc) is 2.61. The average molecular weight is 319 g/mol. The molecule has 5 nitrogen and oxygen atoms in total. The lowest BCUT2D eigenvalue weighted by Gasteiger charge is -2.32. The summed E-state index contributed by atoms with van der Waals surface area (Å²) < 4.78 is 10.9. The van der Waals surface area contributed by atoms with Gasteiger partial charge in [0.2, 0.25) is 0 Å². The molecule has 118 valence electrons. The Morgan fingerprint density at radius 3 is 2.23 bits per heavy atom. The van der Waals surface area contributed by atoms with E-state index in [0.29, 0.717) is 0 Å². The highest BCUT2D eigenvalue weighted by atomic mass is 32.1. The predicted octanol–water partition coefficient (Wildman–Crippen LogP) is 1.41. The first-order chi connectivity index (χ1) is 10.8. The minimum absolute atomic E-state index is 0.737. The van der Waals surface area contributed by atoms with Crippen molar-refractivity contribution in [2.45, 2.75) is 0 Å². The highest BCUT2D eigenvalue weighted by Crippen LogP contribution is 2.20. The lowest BCUT2D eigenvalue weighted by atomic mass is 10.1. The topological polar surface area (TPSA) is 37.8 Å². The summed E-state index contributed by atoms with van der Waals surface area (Å²) in [4.78, 5) is 9.51. The summed E-state index contributed by atoms with van der Waals surface area (Å²) in [5.41, 5.74) is 2.19. The maximum Gasteiger partial charge on any atom is 0.111 e. The minimum Gasteiger partial charge on any atom is -0.378 e. The third kappa shape index (κ3) is 3.82. The Balaban J connectivity index is 1.85. The zero-order chi connectivity index (χ0) is 15.2. The summed E-state index contributed by atoms with van der Waals surface area (Å²) in [5, 5.41) is 0. The van der Waals surface area contributed by atoms with Crippen LogP contribution in [-0.4, -0.2) is 72.4 Å². The zero-order valence-electron chi connectivity index (χ0n) is 12.6. The van der Waals surface area contributed by atoms with Crippen LogP contribution in [0.15, 0.2) is 30.7 Å². The zero-order valence-corrected chi connectivity index (χ0v) is 13.4. The molecule has 1 aromatic rings. The van der Waals surface area contributed by atoms with Gasteiger partial charge >= 0.3 is 0 Å². The Hall–Kier alpha value is -1.50. The van der Waals surface area contributed by atoms with E-state index in [1.54, 1.807) is 0 Å². The van der Waals surface area contributed by atoms with E-state index in [9.17, 15) is 0 Å². The SMILES string of the molecule is S=C(C(=CN1CCOCC1)c1ccncc1)N1CCOCC1. The van der Waals surface area contributed by atoms with Gasteiger partial charge in [0.1, 0.15) is 4.99 Å². The molecule has 1 aromatic heterocycles. The fourth-order valence-electron chi connectivity index (χ4n) is 2.61. The first-order valence-electron chi connectivity index (χ1n) is 7.65. The quantitative estimate of drug-likeness (QED) is 0.620. The number of pyridine rings is 1. The van der Waals surface area contributed by atoms with Gasteiger partial charge in [-0.1, -0.05) is 12.2 Å². The van der Waals surface area contributed by atoms with Gasteiger partial charge in [-0.25, -0.2) is 0 Å². The summed E-state index contributed by atoms with van der Waals surface area (Å²) >= 11 is 5.77. The maximum atomic E-state index is 5.77. The standard InChI is InChI=1S/C16H21N3O2S/c22-16(19-7-11-21-12-8-19)15(14-1-3-17-4-2-14)13-18-5-9-20-10-6-18/h1-4,13H,5-12H2. The molecule has 0 N–H and O–H groups in total. The Morgan fingerprint density at radius 1 is 1.00 bits per heavy atom. The normalized spacial score (nSPS) is 20.1. The number of hydrogen-bond donors (Lipinski definition) is 0. The van der Waals surface area contributed by atoms with Crippen molar-refractivity contribution in [2.75, 3.05) is 52.6 Å². The number of nitrogens with zero attached hydrogens (tertiary/aromatic N) is 3. The summed E-state index contributed by atoms with van der Waals surface area (Å²) in [7, 11) is 0. The van der Waals surface area contributed by atoms with Gasteiger partial charge in [0.15, 0.2) is 0 Å². The van der Waals surface area contributed by atoms with Crippen LogP contribution in [0.3, 0.4) is 0 Å². The molecule has 22 heavy (non-hydrogen) atoms. The molecule has 2 fully saturated rings. The molecule has 0 saturated carbocycles. The van der Waals surface area contributed by atoms with E-state index in [1.807, 2.05) is 24.5 Å². The number of morpholine rings is 2. The van der Waals surface area contributed by atoms with Crippen LogP contribution < -0.4 is 0 Å². The molecule has 3 heterocycles. The smallest absolute Gasteiger partial charge is 0.111 e. The van der Waals surface area contributed by atoms with Crippen LogP contribution in [0.1, 0.15) is 5.56 Å². The van der Waals surface area contributed by atoms with Crippen molar-refractivity contribution in [3.63, 3.8) is 0 Å². The van der Waals surface area contributed by atoms with Crippen molar-refractivity contribution >= 4 is 22.8 Å². The molecule has 2 aliphatic rings. The van der Waals surface area contributed by atoms with Crippen molar-refractivity contribution in [1.29, 1.82) is 0 Å². The lowest BCUT2D eigenvalue weighted by molar-refractivity contribution is 0.0595. The molecule has 0 spiro atoms. The molecule has 3 rings (SSSR count). The minimum atomic E-state index is 0.737. The van der Waals surface area contributed by atoms with Gasteiger partial charge in [0.05, 0.1) is 26.4 Å². The van der Waals surface area contributed by atoms with Crippen molar-refractivity contribution in [3.8, 4) is 0 Å². The van der Waals surface area contributed by atoms with Crippen molar-refractivity contribution < 1.29 is 9.47 Å². The van der Waals surface area contributed by atoms with Crippen LogP contribution in [-0.2, 0) is 9.47 Å². The molecule has 0 atom stereocenters. The number of ether oxygens (including phenoxy) is 2. The van der Waals surface area contributed by atoms with Gasteiger partial charge in [-0.3, -0.25) is 4.98 Å². The number of rotatable bonds is 3. The maximum absolute atomic E-state index is 5.77. The Labute approximate surface area is 136 Å². The molecular weight excluding hydrogens is 298 g/mol. The monoisotopic (exact) mass is 319 g/mol. The van der Waals surface area contributed by atoms with Crippen molar-refractivity contribution in [2.24, 2.45) is 0 Å². The molecule has 0 radical (unpaired) electrons. The van der Waals surface area contributed by atoms with Crippen LogP contribution in [0.4, 0.5) is 0 Å². The van der Waals surface area contributed by atoms with Gasteiger partial charge in [0.25, 0.3) is 0 Å². The second kappa shape index (κ2) is 7.67. The van der Waals surface area contributed by atoms with E-state index >= 15 is 0 Å². The molecule has 0 bridgehead atoms. The molecule has 2 aliphatic heterocycles. The molecule has 0 unspecified atom stereocenters. The molecule has 0 amide bonds. The summed E-state index contributed by atoms with van der Waals surface area (Å²) in [6, 6.07) is 4.03. The van der Waals surface area contributed by atoms with Crippen LogP contribution in [0, 0.1) is 0 Å². The van der Waals surface area contributed by atoms with E-state index in [1.165, 1.54) is 0 Å². The highest BCUT2D eigenvalue weighted by molar-refractivity contribution is 7.81. The number of aromatic nitrogens is 1. The lowest BCUT2D eigenvalue weighted by Crippen LogP contribution is -2.41. The van der Waals surface area contributed by atoms with Gasteiger partial charge in [-0.05, 0) is 17.7 Å². The first-order valence-corrected chi connectivity index (χ1v) is 8.06. The van der Waals surface area contributed by atoms with Crippen LogP contribution in [0.25, 0.3) is 5.57 Å². The first kappa shape index (κ1) is 15.4. The number of thiocarbonyl (C=S) groups is 1. The van der Waals surface area contributed by atoms with E-state index < -0.39 is 0 Å². The third-order valence-electron chi connectivity index (χ3n) is 3.88. The Kier molecular flexibility index (Phi) is 5.37. The van der Waals surface area contributed by atoms with Crippen LogP contribution in [0.2, 0.25) is 0 Å². The molecule has 0 aliphatic carbocycles. The fraction of sp³-hybridized carbons (Fsp3) is 0.500. The Morgan fingerprint density at radius 2 is 1.59 bits per heavy atom. The largest absolute Gasteiger partial charge is 0.378 e. The third-order valence-corrected chi connectivity index (χ3v) is 4.36. The van der Waals surface area contributed by atoms with Crippen LogP contribution >= 0.6 is 12.2 Å². The van der Waals surface area contributed by atoms with E-state index in [-0.39, 0.29) is 0 Å². The van der Waals surface area contributed by atoms with E-state index in [4.69, 9.17) is 21.7 Å². The second-order valence-electron chi connectivity index (χ2n) is 5.33. The van der Waals surface area contributed by atoms with Crippen molar-refractivity contribution in [1.82, 2.24) is 14.8 Å². The molecular formula is C16H21N3O2S. The summed E-state index contributed by atoms with van der Waals surface area (Å²) in [5.74, 6) is 0. The van der Waals surface area contributed by atoms with Crippen molar-refractivity contribution in [3.05, 3.63) is 36.3 Å². The highest BCUT2D eigenvalue weighted by Gasteiger charge is 2.19. The second-order valence-corrected chi connectivity index (χ2v) is 5.72. The predicted molar refractivity (Wildman–Crippen MR) is 89.6 cm³/mol. The molecule has 2 saturated heterocycles. The van der Waals surface area contributed by atoms with Crippen LogP contribution in [0.5, 0.6) is 0 Å². The molecule has 6 heteroatoms. The Bertz CT molecular complexity index is 523. The summed E-state index contributed by atoms with van der Waals surface area (Å²) in [6.45, 7) is 6.52. The van der Waals surface area contributed by atoms with Gasteiger partial charge in [0, 0.05) is 50.3 Å². The number of hydrogen-bond acceptors (Lipinski definition) is 5. The molecule has 0 aromatic carbocycles. The van der Waals surface area contributed by atoms with Gasteiger partial charge in [-0.2, -0.15) is 0 Å². The van der Waals surface area contributed by atoms with Gasteiger partial charge in [-0.15, -0.1) is 0 Å². The summed E-state index contributed by atoms with van der Waals surface area (Å²) in [6.07, 6.45) is 5.80. The fourth-order valence-corrected chi connectivity index (χ4v) is 2.96.